The van der Waals surface area contributed by atoms with Crippen molar-refractivity contribution in [3.05, 3.63) is 23.8 Å². The van der Waals surface area contributed by atoms with Crippen LogP contribution >= 0.6 is 0 Å². The Morgan fingerprint density at radius 1 is 1.14 bits per heavy atom. The molecule has 2 rings (SSSR count). The van der Waals surface area contributed by atoms with Crippen LogP contribution in [-0.2, 0) is 0 Å². The van der Waals surface area contributed by atoms with Gasteiger partial charge in [-0.05, 0) is 44.9 Å². The second kappa shape index (κ2) is 7.46. The molecule has 116 valence electrons. The van der Waals surface area contributed by atoms with Gasteiger partial charge in [-0.2, -0.15) is 0 Å². The maximum absolute atomic E-state index is 12.7. The zero-order chi connectivity index (χ0) is 15.2. The van der Waals surface area contributed by atoms with Gasteiger partial charge in [-0.25, -0.2) is 0 Å². The van der Waals surface area contributed by atoms with Crippen molar-refractivity contribution >= 4 is 5.78 Å². The van der Waals surface area contributed by atoms with Crippen molar-refractivity contribution in [2.75, 3.05) is 13.2 Å². The van der Waals surface area contributed by atoms with Crippen LogP contribution in [0, 0.1) is 5.92 Å². The zero-order valence-electron chi connectivity index (χ0n) is 12.9. The van der Waals surface area contributed by atoms with E-state index in [4.69, 9.17) is 15.2 Å². The molecule has 4 heteroatoms. The number of ether oxygens (including phenoxy) is 2. The lowest BCUT2D eigenvalue weighted by atomic mass is 9.80. The molecule has 0 aliphatic heterocycles. The third kappa shape index (κ3) is 3.76. The summed E-state index contributed by atoms with van der Waals surface area (Å²) >= 11 is 0. The Morgan fingerprint density at radius 2 is 1.81 bits per heavy atom. The van der Waals surface area contributed by atoms with Crippen molar-refractivity contribution in [3.8, 4) is 11.5 Å². The Labute approximate surface area is 126 Å². The van der Waals surface area contributed by atoms with E-state index in [9.17, 15) is 4.79 Å². The molecular formula is C17H25NO3. The predicted molar refractivity (Wildman–Crippen MR) is 83.0 cm³/mol. The average Bonchev–Trinajstić information content (AvgIpc) is 2.49. The third-order valence-corrected chi connectivity index (χ3v) is 3.98. The molecule has 1 aromatic carbocycles. The van der Waals surface area contributed by atoms with Crippen LogP contribution in [0.25, 0.3) is 0 Å². The number of carbonyl (C=O) groups excluding carboxylic acids is 1. The van der Waals surface area contributed by atoms with Crippen LogP contribution in [0.4, 0.5) is 0 Å². The van der Waals surface area contributed by atoms with Crippen LogP contribution in [0.5, 0.6) is 11.5 Å². The summed E-state index contributed by atoms with van der Waals surface area (Å²) in [7, 11) is 0. The molecule has 0 saturated heterocycles. The summed E-state index contributed by atoms with van der Waals surface area (Å²) in [5.41, 5.74) is 6.79. The van der Waals surface area contributed by atoms with E-state index in [2.05, 4.69) is 0 Å². The Bertz CT molecular complexity index is 487. The van der Waals surface area contributed by atoms with E-state index in [0.717, 1.165) is 25.7 Å². The van der Waals surface area contributed by atoms with E-state index in [-0.39, 0.29) is 17.7 Å². The number of benzene rings is 1. The average molecular weight is 291 g/mol. The van der Waals surface area contributed by atoms with Crippen molar-refractivity contribution in [1.29, 1.82) is 0 Å². The summed E-state index contributed by atoms with van der Waals surface area (Å²) in [6.45, 7) is 4.96. The number of hydrogen-bond donors (Lipinski definition) is 1. The molecule has 0 radical (unpaired) electrons. The van der Waals surface area contributed by atoms with E-state index in [1.807, 2.05) is 26.0 Å². The first-order valence-corrected chi connectivity index (χ1v) is 7.86. The van der Waals surface area contributed by atoms with Crippen LogP contribution in [0.2, 0.25) is 0 Å². The number of Topliss-reactive ketones (excluding diaryl/α,β-unsaturated/α-hetero) is 1. The van der Waals surface area contributed by atoms with Gasteiger partial charge in [-0.1, -0.05) is 12.8 Å². The monoisotopic (exact) mass is 291 g/mol. The van der Waals surface area contributed by atoms with Gasteiger partial charge in [0.25, 0.3) is 0 Å². The summed E-state index contributed by atoms with van der Waals surface area (Å²) in [6.07, 6.45) is 4.03. The number of rotatable bonds is 6. The van der Waals surface area contributed by atoms with Gasteiger partial charge < -0.3 is 15.2 Å². The fourth-order valence-electron chi connectivity index (χ4n) is 2.90. The normalized spacial score (nSPS) is 21.9. The van der Waals surface area contributed by atoms with Crippen molar-refractivity contribution in [2.45, 2.75) is 45.6 Å². The lowest BCUT2D eigenvalue weighted by Gasteiger charge is -2.27. The second-order valence-corrected chi connectivity index (χ2v) is 5.45. The van der Waals surface area contributed by atoms with E-state index < -0.39 is 0 Å². The van der Waals surface area contributed by atoms with Crippen LogP contribution in [0.1, 0.15) is 49.9 Å². The highest BCUT2D eigenvalue weighted by Gasteiger charge is 2.29. The summed E-state index contributed by atoms with van der Waals surface area (Å²) in [6, 6.07) is 5.40. The van der Waals surface area contributed by atoms with E-state index in [1.54, 1.807) is 6.07 Å². The molecule has 0 bridgehead atoms. The molecule has 1 aliphatic rings. The van der Waals surface area contributed by atoms with Crippen LogP contribution < -0.4 is 15.2 Å². The topological polar surface area (TPSA) is 61.5 Å². The molecule has 21 heavy (non-hydrogen) atoms. The molecule has 0 aromatic heterocycles. The minimum absolute atomic E-state index is 0.0200. The number of hydrogen-bond acceptors (Lipinski definition) is 4. The molecule has 2 atom stereocenters. The molecular weight excluding hydrogens is 266 g/mol. The fraction of sp³-hybridized carbons (Fsp3) is 0.588. The minimum Gasteiger partial charge on any atom is -0.490 e. The van der Waals surface area contributed by atoms with E-state index in [1.165, 1.54) is 0 Å². The SMILES string of the molecule is CCOc1ccc(C(=O)C2CCCCC2N)cc1OCC. The molecule has 1 aromatic rings. The predicted octanol–water partition coefficient (Wildman–Crippen LogP) is 3.18. The molecule has 0 amide bonds. The molecule has 1 saturated carbocycles. The summed E-state index contributed by atoms with van der Waals surface area (Å²) < 4.78 is 11.1. The van der Waals surface area contributed by atoms with Gasteiger partial charge in [-0.3, -0.25) is 4.79 Å². The second-order valence-electron chi connectivity index (χ2n) is 5.45. The highest BCUT2D eigenvalue weighted by atomic mass is 16.5. The molecule has 4 nitrogen and oxygen atoms in total. The molecule has 2 N–H and O–H groups in total. The quantitative estimate of drug-likeness (QED) is 0.818. The highest BCUT2D eigenvalue weighted by Crippen LogP contribution is 2.32. The molecule has 2 unspecified atom stereocenters. The van der Waals surface area contributed by atoms with Gasteiger partial charge >= 0.3 is 0 Å². The van der Waals surface area contributed by atoms with Gasteiger partial charge in [0.15, 0.2) is 17.3 Å². The van der Waals surface area contributed by atoms with Crippen molar-refractivity contribution < 1.29 is 14.3 Å². The summed E-state index contributed by atoms with van der Waals surface area (Å²) in [5.74, 6) is 1.38. The van der Waals surface area contributed by atoms with Gasteiger partial charge in [-0.15, -0.1) is 0 Å². The Kier molecular flexibility index (Phi) is 5.62. The summed E-state index contributed by atoms with van der Waals surface area (Å²) in [4.78, 5) is 12.7. The molecule has 0 heterocycles. The Morgan fingerprint density at radius 3 is 2.48 bits per heavy atom. The third-order valence-electron chi connectivity index (χ3n) is 3.98. The number of carbonyl (C=O) groups is 1. The number of nitrogens with two attached hydrogens (primary N) is 1. The first-order chi connectivity index (χ1) is 10.2. The van der Waals surface area contributed by atoms with Crippen LogP contribution in [0.15, 0.2) is 18.2 Å². The molecule has 1 aliphatic carbocycles. The Balaban J connectivity index is 2.22. The van der Waals surface area contributed by atoms with E-state index in [0.29, 0.717) is 30.3 Å². The van der Waals surface area contributed by atoms with Gasteiger partial charge in [0.1, 0.15) is 0 Å². The summed E-state index contributed by atoms with van der Waals surface area (Å²) in [5, 5.41) is 0. The lowest BCUT2D eigenvalue weighted by molar-refractivity contribution is 0.0870. The van der Waals surface area contributed by atoms with Crippen LogP contribution in [-0.4, -0.2) is 25.0 Å². The first kappa shape index (κ1) is 15.8. The molecule has 0 spiro atoms. The van der Waals surface area contributed by atoms with Crippen molar-refractivity contribution in [3.63, 3.8) is 0 Å². The smallest absolute Gasteiger partial charge is 0.167 e. The fourth-order valence-corrected chi connectivity index (χ4v) is 2.90. The molecule has 1 fully saturated rings. The largest absolute Gasteiger partial charge is 0.490 e. The van der Waals surface area contributed by atoms with Crippen molar-refractivity contribution in [2.24, 2.45) is 11.7 Å². The highest BCUT2D eigenvalue weighted by molar-refractivity contribution is 5.99. The number of ketones is 1. The maximum Gasteiger partial charge on any atom is 0.167 e. The lowest BCUT2D eigenvalue weighted by Crippen LogP contribution is -2.38. The van der Waals surface area contributed by atoms with E-state index >= 15 is 0 Å². The van der Waals surface area contributed by atoms with Gasteiger partial charge in [0.2, 0.25) is 0 Å². The minimum atomic E-state index is -0.0637. The van der Waals surface area contributed by atoms with Gasteiger partial charge in [0.05, 0.1) is 13.2 Å². The van der Waals surface area contributed by atoms with Crippen molar-refractivity contribution in [1.82, 2.24) is 0 Å². The first-order valence-electron chi connectivity index (χ1n) is 7.86. The van der Waals surface area contributed by atoms with Gasteiger partial charge in [0, 0.05) is 17.5 Å². The zero-order valence-corrected chi connectivity index (χ0v) is 12.9. The maximum atomic E-state index is 12.7. The standard InChI is InChI=1S/C17H25NO3/c1-3-20-15-10-9-12(11-16(15)21-4-2)17(19)13-7-5-6-8-14(13)18/h9-11,13-14H,3-8,18H2,1-2H3. The Hall–Kier alpha value is -1.55. The van der Waals surface area contributed by atoms with Crippen LogP contribution in [0.3, 0.4) is 0 Å².